The highest BCUT2D eigenvalue weighted by atomic mass is 79.9. The van der Waals surface area contributed by atoms with Gasteiger partial charge >= 0.3 is 0 Å². The summed E-state index contributed by atoms with van der Waals surface area (Å²) >= 11 is 3.43. The minimum absolute atomic E-state index is 0.146. The van der Waals surface area contributed by atoms with E-state index in [1.54, 1.807) is 13.2 Å². The maximum absolute atomic E-state index is 12.3. The molecule has 42 heavy (non-hydrogen) atoms. The molecule has 6 rings (SSSR count). The first kappa shape index (κ1) is 28.8. The number of anilines is 1. The summed E-state index contributed by atoms with van der Waals surface area (Å²) < 4.78 is 1.85. The standard InChI is InChI=1S/C32H37BrN6O3/c1-37-16-24(13-26(19-37)35-28-14-34-38(2)32(42)30(28)33)21-5-3-20(4-6-21)15-39-17-25(18-39)22-7-9-23(10-8-22)27-11-12-29(40)36-31(27)41/h3-10,14,24-27,35H,11-13,15-19H2,1-2H3,(H,36,40,41)/t24-,26+,27?/m1/s1. The summed E-state index contributed by atoms with van der Waals surface area (Å²) in [5.74, 6) is 0.322. The molecule has 3 saturated heterocycles. The third kappa shape index (κ3) is 6.21. The first-order valence-electron chi connectivity index (χ1n) is 14.6. The number of nitrogens with one attached hydrogen (secondary N) is 2. The number of piperidine rings is 2. The minimum Gasteiger partial charge on any atom is -0.379 e. The van der Waals surface area contributed by atoms with E-state index in [4.69, 9.17) is 0 Å². The Kier molecular flexibility index (Phi) is 8.29. The number of amides is 2. The Morgan fingerprint density at radius 2 is 1.57 bits per heavy atom. The molecule has 0 spiro atoms. The molecule has 10 heteroatoms. The lowest BCUT2D eigenvalue weighted by Gasteiger charge is -2.40. The van der Waals surface area contributed by atoms with Gasteiger partial charge in [0.05, 0.1) is 17.8 Å². The topological polar surface area (TPSA) is 99.6 Å². The van der Waals surface area contributed by atoms with Gasteiger partial charge in [0.25, 0.3) is 5.56 Å². The van der Waals surface area contributed by atoms with Crippen molar-refractivity contribution in [3.05, 3.63) is 91.8 Å². The predicted octanol–water partition coefficient (Wildman–Crippen LogP) is 3.56. The summed E-state index contributed by atoms with van der Waals surface area (Å²) in [6.07, 6.45) is 3.68. The van der Waals surface area contributed by atoms with E-state index in [1.807, 2.05) is 0 Å². The Hall–Kier alpha value is -3.34. The van der Waals surface area contributed by atoms with Gasteiger partial charge in [-0.3, -0.25) is 24.6 Å². The highest BCUT2D eigenvalue weighted by molar-refractivity contribution is 9.10. The van der Waals surface area contributed by atoms with Gasteiger partial charge in [0, 0.05) is 58.2 Å². The number of nitrogens with zero attached hydrogens (tertiary/aromatic N) is 4. The Morgan fingerprint density at radius 1 is 0.905 bits per heavy atom. The molecule has 3 aliphatic rings. The van der Waals surface area contributed by atoms with Crippen LogP contribution in [0, 0.1) is 0 Å². The second kappa shape index (κ2) is 12.1. The number of hydrogen-bond donors (Lipinski definition) is 2. The fraction of sp³-hybridized carbons (Fsp3) is 0.438. The largest absolute Gasteiger partial charge is 0.379 e. The highest BCUT2D eigenvalue weighted by Crippen LogP contribution is 2.32. The molecule has 0 aliphatic carbocycles. The lowest BCUT2D eigenvalue weighted by atomic mass is 9.86. The van der Waals surface area contributed by atoms with E-state index in [9.17, 15) is 14.4 Å². The van der Waals surface area contributed by atoms with Crippen LogP contribution >= 0.6 is 15.9 Å². The smallest absolute Gasteiger partial charge is 0.282 e. The van der Waals surface area contributed by atoms with Crippen molar-refractivity contribution in [1.29, 1.82) is 0 Å². The number of likely N-dealkylation sites (N-methyl/N-ethyl adjacent to an activating group) is 1. The number of rotatable bonds is 7. The lowest BCUT2D eigenvalue weighted by molar-refractivity contribution is -0.134. The van der Waals surface area contributed by atoms with Crippen LogP contribution in [0.25, 0.3) is 0 Å². The van der Waals surface area contributed by atoms with Gasteiger partial charge < -0.3 is 10.2 Å². The summed E-state index contributed by atoms with van der Waals surface area (Å²) in [7, 11) is 3.80. The number of aromatic nitrogens is 2. The number of carbonyl (C=O) groups is 2. The van der Waals surface area contributed by atoms with Crippen LogP contribution < -0.4 is 16.2 Å². The van der Waals surface area contributed by atoms with E-state index in [2.05, 4.69) is 97.0 Å². The molecule has 2 amide bonds. The van der Waals surface area contributed by atoms with Crippen LogP contribution in [0.5, 0.6) is 0 Å². The van der Waals surface area contributed by atoms with Crippen LogP contribution in [0.4, 0.5) is 5.69 Å². The van der Waals surface area contributed by atoms with Gasteiger partial charge in [0.2, 0.25) is 11.8 Å². The van der Waals surface area contributed by atoms with Gasteiger partial charge in [-0.1, -0.05) is 48.5 Å². The highest BCUT2D eigenvalue weighted by Gasteiger charge is 2.31. The molecule has 1 unspecified atom stereocenters. The zero-order chi connectivity index (χ0) is 29.4. The van der Waals surface area contributed by atoms with E-state index in [0.29, 0.717) is 29.2 Å². The zero-order valence-corrected chi connectivity index (χ0v) is 25.6. The maximum atomic E-state index is 12.3. The molecule has 0 radical (unpaired) electrons. The van der Waals surface area contributed by atoms with E-state index >= 15 is 0 Å². The molecule has 0 saturated carbocycles. The zero-order valence-electron chi connectivity index (χ0n) is 24.1. The predicted molar refractivity (Wildman–Crippen MR) is 165 cm³/mol. The third-order valence-electron chi connectivity index (χ3n) is 8.93. The average Bonchev–Trinajstić information content (AvgIpc) is 2.95. The Bertz CT molecular complexity index is 1520. The molecule has 3 fully saturated rings. The van der Waals surface area contributed by atoms with E-state index in [-0.39, 0.29) is 29.3 Å². The summed E-state index contributed by atoms with van der Waals surface area (Å²) in [4.78, 5) is 40.7. The van der Waals surface area contributed by atoms with Gasteiger partial charge in [0.1, 0.15) is 4.47 Å². The van der Waals surface area contributed by atoms with Crippen molar-refractivity contribution >= 4 is 33.4 Å². The molecule has 3 aliphatic heterocycles. The van der Waals surface area contributed by atoms with Crippen molar-refractivity contribution in [2.75, 3.05) is 38.5 Å². The Morgan fingerprint density at radius 3 is 2.29 bits per heavy atom. The van der Waals surface area contributed by atoms with E-state index < -0.39 is 0 Å². The summed E-state index contributed by atoms with van der Waals surface area (Å²) in [6, 6.07) is 17.7. The molecule has 2 N–H and O–H groups in total. The molecule has 1 aromatic heterocycles. The Balaban J connectivity index is 1.01. The molecule has 4 heterocycles. The number of likely N-dealkylation sites (tertiary alicyclic amines) is 2. The van der Waals surface area contributed by atoms with Gasteiger partial charge in [0.15, 0.2) is 0 Å². The Labute approximate surface area is 254 Å². The summed E-state index contributed by atoms with van der Waals surface area (Å²) in [6.45, 7) is 4.89. The number of imide groups is 1. The third-order valence-corrected chi connectivity index (χ3v) is 9.70. The number of carbonyl (C=O) groups excluding carboxylic acids is 2. The second-order valence-corrected chi connectivity index (χ2v) is 12.9. The number of aryl methyl sites for hydroxylation is 1. The molecular weight excluding hydrogens is 596 g/mol. The summed E-state index contributed by atoms with van der Waals surface area (Å²) in [5.41, 5.74) is 5.55. The van der Waals surface area contributed by atoms with Crippen molar-refractivity contribution < 1.29 is 9.59 Å². The SMILES string of the molecule is CN1C[C@@H](Nc2cnn(C)c(=O)c2Br)C[C@@H](c2ccc(CN3CC(c4ccc(C5CCC(=O)NC5=O)cc4)C3)cc2)C1. The van der Waals surface area contributed by atoms with E-state index in [1.165, 1.54) is 21.4 Å². The number of hydrogen-bond acceptors (Lipinski definition) is 7. The van der Waals surface area contributed by atoms with Crippen LogP contribution in [0.2, 0.25) is 0 Å². The van der Waals surface area contributed by atoms with Crippen LogP contribution in [0.15, 0.2) is 64.0 Å². The van der Waals surface area contributed by atoms with Crippen LogP contribution in [-0.2, 0) is 23.2 Å². The van der Waals surface area contributed by atoms with Crippen LogP contribution in [0.3, 0.4) is 0 Å². The van der Waals surface area contributed by atoms with Crippen molar-refractivity contribution in [2.45, 2.75) is 49.6 Å². The maximum Gasteiger partial charge on any atom is 0.282 e. The van der Waals surface area contributed by atoms with Crippen molar-refractivity contribution in [3.8, 4) is 0 Å². The van der Waals surface area contributed by atoms with Crippen molar-refractivity contribution in [2.24, 2.45) is 7.05 Å². The van der Waals surface area contributed by atoms with Crippen molar-refractivity contribution in [1.82, 2.24) is 24.9 Å². The van der Waals surface area contributed by atoms with Gasteiger partial charge in [-0.15, -0.1) is 0 Å². The number of halogens is 1. The second-order valence-electron chi connectivity index (χ2n) is 12.1. The minimum atomic E-state index is -0.229. The van der Waals surface area contributed by atoms with Gasteiger partial charge in [-0.05, 0) is 64.0 Å². The lowest BCUT2D eigenvalue weighted by Crippen LogP contribution is -2.44. The molecule has 3 atom stereocenters. The monoisotopic (exact) mass is 632 g/mol. The molecule has 0 bridgehead atoms. The number of benzene rings is 2. The molecule has 220 valence electrons. The van der Waals surface area contributed by atoms with Gasteiger partial charge in [-0.25, -0.2) is 4.68 Å². The normalized spacial score (nSPS) is 23.8. The van der Waals surface area contributed by atoms with Crippen LogP contribution in [-0.4, -0.2) is 70.7 Å². The molecule has 3 aromatic rings. The molecular formula is C32H37BrN6O3. The average molecular weight is 634 g/mol. The van der Waals surface area contributed by atoms with Crippen LogP contribution in [0.1, 0.15) is 59.3 Å². The molecule has 2 aromatic carbocycles. The first-order valence-corrected chi connectivity index (χ1v) is 15.4. The first-order chi connectivity index (χ1) is 20.2. The quantitative estimate of drug-likeness (QED) is 0.384. The van der Waals surface area contributed by atoms with Gasteiger partial charge in [-0.2, -0.15) is 5.10 Å². The van der Waals surface area contributed by atoms with Crippen molar-refractivity contribution in [3.63, 3.8) is 0 Å². The fourth-order valence-electron chi connectivity index (χ4n) is 6.57. The van der Waals surface area contributed by atoms with E-state index in [0.717, 1.165) is 50.4 Å². The fourth-order valence-corrected chi connectivity index (χ4v) is 7.05. The molecule has 9 nitrogen and oxygen atoms in total. The summed E-state index contributed by atoms with van der Waals surface area (Å²) in [5, 5.41) is 10.2.